The van der Waals surface area contributed by atoms with Gasteiger partial charge in [0.2, 0.25) is 0 Å². The van der Waals surface area contributed by atoms with Crippen molar-refractivity contribution in [3.63, 3.8) is 0 Å². The number of nitrogens with two attached hydrogens (primary N) is 1. The Morgan fingerprint density at radius 1 is 1.38 bits per heavy atom. The van der Waals surface area contributed by atoms with E-state index in [1.165, 1.54) is 6.42 Å². The summed E-state index contributed by atoms with van der Waals surface area (Å²) in [4.78, 5) is 0. The minimum absolute atomic E-state index is 0.484. The maximum Gasteiger partial charge on any atom is 0.0512 e. The van der Waals surface area contributed by atoms with Crippen molar-refractivity contribution in [1.29, 1.82) is 0 Å². The second-order valence-corrected chi connectivity index (χ2v) is 2.77. The molecule has 1 aliphatic carbocycles. The predicted molar refractivity (Wildman–Crippen MR) is 30.4 cm³/mol. The minimum Gasteiger partial charge on any atom is -0.381 e. The molecule has 1 saturated heterocycles. The molecule has 3 atom stereocenters. The lowest BCUT2D eigenvalue weighted by Crippen LogP contribution is -2.07. The van der Waals surface area contributed by atoms with Gasteiger partial charge < -0.3 is 10.5 Å². The van der Waals surface area contributed by atoms with Crippen LogP contribution < -0.4 is 5.73 Å². The van der Waals surface area contributed by atoms with Gasteiger partial charge in [0.05, 0.1) is 6.61 Å². The van der Waals surface area contributed by atoms with E-state index < -0.39 is 0 Å². The summed E-state index contributed by atoms with van der Waals surface area (Å²) in [5, 5.41) is 0. The highest BCUT2D eigenvalue weighted by Gasteiger charge is 2.48. The first-order chi connectivity index (χ1) is 3.89. The van der Waals surface area contributed by atoms with Gasteiger partial charge in [-0.2, -0.15) is 0 Å². The van der Waals surface area contributed by atoms with Crippen LogP contribution in [0.5, 0.6) is 0 Å². The Kier molecular flexibility index (Phi) is 0.866. The van der Waals surface area contributed by atoms with Crippen molar-refractivity contribution in [3.8, 4) is 0 Å². The number of ether oxygens (including phenoxy) is 1. The lowest BCUT2D eigenvalue weighted by molar-refractivity contribution is 0.0888. The molecule has 2 fully saturated rings. The number of fused-ring (bicyclic) bond motifs is 1. The molecule has 2 rings (SSSR count). The van der Waals surface area contributed by atoms with Crippen molar-refractivity contribution in [2.75, 3.05) is 13.2 Å². The topological polar surface area (TPSA) is 35.2 Å². The van der Waals surface area contributed by atoms with Crippen molar-refractivity contribution < 1.29 is 4.74 Å². The molecular weight excluding hydrogens is 102 g/mol. The van der Waals surface area contributed by atoms with Crippen molar-refractivity contribution in [2.45, 2.75) is 12.5 Å². The van der Waals surface area contributed by atoms with E-state index in [0.717, 1.165) is 25.0 Å². The lowest BCUT2D eigenvalue weighted by Gasteiger charge is -2.06. The normalized spacial score (nSPS) is 52.9. The zero-order valence-corrected chi connectivity index (χ0v) is 4.84. The number of rotatable bonds is 0. The summed E-state index contributed by atoms with van der Waals surface area (Å²) in [7, 11) is 0. The molecule has 2 aliphatic rings. The van der Waals surface area contributed by atoms with Crippen molar-refractivity contribution in [2.24, 2.45) is 17.6 Å². The van der Waals surface area contributed by atoms with Gasteiger partial charge in [-0.1, -0.05) is 0 Å². The summed E-state index contributed by atoms with van der Waals surface area (Å²) in [6, 6.07) is 0.484. The first kappa shape index (κ1) is 4.77. The quantitative estimate of drug-likeness (QED) is 0.479. The van der Waals surface area contributed by atoms with E-state index in [4.69, 9.17) is 10.5 Å². The summed E-state index contributed by atoms with van der Waals surface area (Å²) >= 11 is 0. The van der Waals surface area contributed by atoms with Crippen molar-refractivity contribution in [1.82, 2.24) is 0 Å². The largest absolute Gasteiger partial charge is 0.381 e. The summed E-state index contributed by atoms with van der Waals surface area (Å²) in [6.07, 6.45) is 1.20. The van der Waals surface area contributed by atoms with Gasteiger partial charge in [0.15, 0.2) is 0 Å². The molecule has 0 bridgehead atoms. The van der Waals surface area contributed by atoms with Crippen LogP contribution in [0.4, 0.5) is 0 Å². The van der Waals surface area contributed by atoms with Crippen molar-refractivity contribution >= 4 is 0 Å². The average molecular weight is 113 g/mol. The molecule has 2 heteroatoms. The zero-order valence-electron chi connectivity index (χ0n) is 4.84. The Balaban J connectivity index is 1.97. The van der Waals surface area contributed by atoms with Crippen molar-refractivity contribution in [3.05, 3.63) is 0 Å². The molecule has 0 aromatic heterocycles. The Labute approximate surface area is 49.0 Å². The van der Waals surface area contributed by atoms with Gasteiger partial charge in [0, 0.05) is 18.6 Å². The first-order valence-electron chi connectivity index (χ1n) is 3.23. The van der Waals surface area contributed by atoms with Crippen LogP contribution >= 0.6 is 0 Å². The van der Waals surface area contributed by atoms with E-state index in [1.807, 2.05) is 0 Å². The summed E-state index contributed by atoms with van der Waals surface area (Å²) in [6.45, 7) is 1.86. The molecule has 0 amide bonds. The van der Waals surface area contributed by atoms with Gasteiger partial charge in [-0.3, -0.25) is 0 Å². The van der Waals surface area contributed by atoms with E-state index >= 15 is 0 Å². The molecule has 8 heavy (non-hydrogen) atoms. The highest BCUT2D eigenvalue weighted by Crippen LogP contribution is 2.42. The van der Waals surface area contributed by atoms with Gasteiger partial charge in [-0.05, 0) is 12.3 Å². The summed E-state index contributed by atoms with van der Waals surface area (Å²) in [5.41, 5.74) is 5.69. The highest BCUT2D eigenvalue weighted by molar-refractivity contribution is 5.02. The SMILES string of the molecule is N[C@H]1[C@H]2CCOC[C@@H]12. The van der Waals surface area contributed by atoms with Gasteiger partial charge in [0.1, 0.15) is 0 Å². The molecule has 1 saturated carbocycles. The van der Waals surface area contributed by atoms with E-state index in [0.29, 0.717) is 6.04 Å². The second-order valence-electron chi connectivity index (χ2n) is 2.77. The number of hydrogen-bond donors (Lipinski definition) is 1. The molecule has 2 nitrogen and oxygen atoms in total. The van der Waals surface area contributed by atoms with Crippen LogP contribution in [0.1, 0.15) is 6.42 Å². The molecule has 0 aromatic rings. The summed E-state index contributed by atoms with van der Waals surface area (Å²) < 4.78 is 5.21. The fourth-order valence-corrected chi connectivity index (χ4v) is 1.55. The second kappa shape index (κ2) is 1.45. The molecular formula is C6H11NO. The molecule has 1 aliphatic heterocycles. The van der Waals surface area contributed by atoms with E-state index in [1.54, 1.807) is 0 Å². The third-order valence-electron chi connectivity index (χ3n) is 2.30. The zero-order chi connectivity index (χ0) is 5.56. The molecule has 2 N–H and O–H groups in total. The van der Waals surface area contributed by atoms with E-state index in [2.05, 4.69) is 0 Å². The van der Waals surface area contributed by atoms with Gasteiger partial charge >= 0.3 is 0 Å². The molecule has 1 heterocycles. The Bertz CT molecular complexity index is 92.7. The van der Waals surface area contributed by atoms with Crippen LogP contribution in [0.2, 0.25) is 0 Å². The van der Waals surface area contributed by atoms with Gasteiger partial charge in [-0.15, -0.1) is 0 Å². The van der Waals surface area contributed by atoms with Crippen LogP contribution in [-0.2, 0) is 4.74 Å². The Morgan fingerprint density at radius 3 is 2.75 bits per heavy atom. The van der Waals surface area contributed by atoms with Crippen LogP contribution in [0.25, 0.3) is 0 Å². The van der Waals surface area contributed by atoms with Crippen LogP contribution in [-0.4, -0.2) is 19.3 Å². The smallest absolute Gasteiger partial charge is 0.0512 e. The third kappa shape index (κ3) is 0.501. The van der Waals surface area contributed by atoms with E-state index in [-0.39, 0.29) is 0 Å². The van der Waals surface area contributed by atoms with Gasteiger partial charge in [0.25, 0.3) is 0 Å². The standard InChI is InChI=1S/C6H11NO/c7-6-4-1-2-8-3-5(4)6/h4-6H,1-3,7H2/t4-,5+,6-/m0/s1. The highest BCUT2D eigenvalue weighted by atomic mass is 16.5. The third-order valence-corrected chi connectivity index (χ3v) is 2.30. The maximum atomic E-state index is 5.69. The molecule has 0 unspecified atom stereocenters. The Morgan fingerprint density at radius 2 is 2.25 bits per heavy atom. The fraction of sp³-hybridized carbons (Fsp3) is 1.00. The Hall–Kier alpha value is -0.0800. The van der Waals surface area contributed by atoms with E-state index in [9.17, 15) is 0 Å². The molecule has 0 aromatic carbocycles. The number of hydrogen-bond acceptors (Lipinski definition) is 2. The summed E-state index contributed by atoms with van der Waals surface area (Å²) in [5.74, 6) is 1.55. The van der Waals surface area contributed by atoms with Crippen LogP contribution in [0, 0.1) is 11.8 Å². The molecule has 46 valence electrons. The monoisotopic (exact) mass is 113 g/mol. The maximum absolute atomic E-state index is 5.69. The first-order valence-corrected chi connectivity index (χ1v) is 3.23. The van der Waals surface area contributed by atoms with Crippen LogP contribution in [0.3, 0.4) is 0 Å². The van der Waals surface area contributed by atoms with Crippen LogP contribution in [0.15, 0.2) is 0 Å². The van der Waals surface area contributed by atoms with Gasteiger partial charge in [-0.25, -0.2) is 0 Å². The predicted octanol–water partition coefficient (Wildman–Crippen LogP) is -0.0200. The minimum atomic E-state index is 0.484. The molecule has 0 radical (unpaired) electrons. The fourth-order valence-electron chi connectivity index (χ4n) is 1.55. The lowest BCUT2D eigenvalue weighted by atomic mass is 10.2. The molecule has 0 spiro atoms. The average Bonchev–Trinajstić information content (AvgIpc) is 2.46.